The van der Waals surface area contributed by atoms with E-state index in [-0.39, 0.29) is 56.9 Å². The first-order chi connectivity index (χ1) is 20.3. The van der Waals surface area contributed by atoms with Gasteiger partial charge in [-0.15, -0.1) is 0 Å². The fourth-order valence-electron chi connectivity index (χ4n) is 5.66. The Morgan fingerprint density at radius 2 is 1.33 bits per heavy atom. The molecule has 2 aromatic rings. The SMILES string of the molecule is CCCCc1ccc(C(=O)OC2CCC(C(F)(F)OC3CCC(C(F)(F)Oc4cc(F)c(F)c(F)c4)CC3)CC2)c(F)c1. The van der Waals surface area contributed by atoms with Gasteiger partial charge in [-0.1, -0.05) is 19.4 Å². The van der Waals surface area contributed by atoms with E-state index < -0.39 is 71.2 Å². The van der Waals surface area contributed by atoms with E-state index in [9.17, 15) is 31.1 Å². The third-order valence-corrected chi connectivity index (χ3v) is 8.18. The standard InChI is InChI=1S/C31H34F8O4/c1-2-3-4-18-5-14-24(25(32)15-18)29(40)41-21-10-6-19(7-11-21)30(36,37)42-22-12-8-20(9-13-22)31(38,39)43-23-16-26(33)28(35)27(34)17-23/h5,14-17,19-22H,2-4,6-13H2,1H3. The van der Waals surface area contributed by atoms with E-state index in [1.54, 1.807) is 6.07 Å². The van der Waals surface area contributed by atoms with Crippen molar-refractivity contribution in [2.75, 3.05) is 0 Å². The number of hydrogen-bond donors (Lipinski definition) is 0. The zero-order valence-electron chi connectivity index (χ0n) is 23.6. The Morgan fingerprint density at radius 1 is 0.767 bits per heavy atom. The topological polar surface area (TPSA) is 44.8 Å². The summed E-state index contributed by atoms with van der Waals surface area (Å²) >= 11 is 0. The lowest BCUT2D eigenvalue weighted by atomic mass is 9.85. The summed E-state index contributed by atoms with van der Waals surface area (Å²) in [7, 11) is 0. The molecule has 2 aliphatic rings. The molecule has 2 aliphatic carbocycles. The summed E-state index contributed by atoms with van der Waals surface area (Å²) < 4.78 is 128. The van der Waals surface area contributed by atoms with Gasteiger partial charge in [-0.05, 0) is 81.9 Å². The maximum absolute atomic E-state index is 15.0. The molecule has 0 aliphatic heterocycles. The van der Waals surface area contributed by atoms with Gasteiger partial charge in [-0.2, -0.15) is 17.6 Å². The number of aryl methyl sites for hydroxylation is 1. The highest BCUT2D eigenvalue weighted by Crippen LogP contribution is 2.44. The predicted octanol–water partition coefficient (Wildman–Crippen LogP) is 9.14. The Labute approximate surface area is 244 Å². The van der Waals surface area contributed by atoms with Crippen LogP contribution >= 0.6 is 0 Å². The molecule has 4 nitrogen and oxygen atoms in total. The molecule has 0 atom stereocenters. The van der Waals surface area contributed by atoms with E-state index in [2.05, 4.69) is 4.74 Å². The molecule has 0 radical (unpaired) electrons. The average molecular weight is 623 g/mol. The number of carbonyl (C=O) groups excluding carboxylic acids is 1. The highest BCUT2D eigenvalue weighted by molar-refractivity contribution is 5.89. The van der Waals surface area contributed by atoms with Crippen molar-refractivity contribution in [3.63, 3.8) is 0 Å². The lowest BCUT2D eigenvalue weighted by Gasteiger charge is -2.37. The second kappa shape index (κ2) is 13.8. The van der Waals surface area contributed by atoms with Crippen LogP contribution in [0.4, 0.5) is 35.1 Å². The fraction of sp³-hybridized carbons (Fsp3) is 0.581. The molecule has 2 aromatic carbocycles. The van der Waals surface area contributed by atoms with Gasteiger partial charge >= 0.3 is 18.2 Å². The van der Waals surface area contributed by atoms with Crippen LogP contribution in [0, 0.1) is 35.1 Å². The van der Waals surface area contributed by atoms with Crippen molar-refractivity contribution in [1.82, 2.24) is 0 Å². The number of carbonyl (C=O) groups is 1. The molecular formula is C31H34F8O4. The summed E-state index contributed by atoms with van der Waals surface area (Å²) in [6.45, 7) is 2.01. The van der Waals surface area contributed by atoms with Crippen LogP contribution in [0.3, 0.4) is 0 Å². The van der Waals surface area contributed by atoms with Crippen LogP contribution in [0.1, 0.15) is 87.1 Å². The van der Waals surface area contributed by atoms with Gasteiger partial charge in [-0.3, -0.25) is 0 Å². The smallest absolute Gasteiger partial charge is 0.400 e. The summed E-state index contributed by atoms with van der Waals surface area (Å²) in [6, 6.07) is 4.95. The molecule has 12 heteroatoms. The van der Waals surface area contributed by atoms with E-state index in [0.29, 0.717) is 18.6 Å². The number of alkyl halides is 4. The predicted molar refractivity (Wildman–Crippen MR) is 140 cm³/mol. The number of hydrogen-bond acceptors (Lipinski definition) is 4. The molecule has 43 heavy (non-hydrogen) atoms. The normalized spacial score (nSPS) is 23.2. The fourth-order valence-corrected chi connectivity index (χ4v) is 5.66. The number of rotatable bonds is 11. The molecule has 0 N–H and O–H groups in total. The minimum atomic E-state index is -3.87. The van der Waals surface area contributed by atoms with Crippen molar-refractivity contribution in [2.45, 2.75) is 102 Å². The highest BCUT2D eigenvalue weighted by atomic mass is 19.3. The van der Waals surface area contributed by atoms with Gasteiger partial charge in [0.25, 0.3) is 0 Å². The maximum atomic E-state index is 15.0. The molecule has 0 saturated heterocycles. The van der Waals surface area contributed by atoms with Gasteiger partial charge in [0.1, 0.15) is 17.7 Å². The minimum Gasteiger partial charge on any atom is -0.459 e. The van der Waals surface area contributed by atoms with Crippen molar-refractivity contribution >= 4 is 5.97 Å². The van der Waals surface area contributed by atoms with Crippen LogP contribution in [0.25, 0.3) is 0 Å². The number of halogens is 8. The lowest BCUT2D eigenvalue weighted by molar-refractivity contribution is -0.306. The molecular weight excluding hydrogens is 588 g/mol. The molecule has 0 heterocycles. The van der Waals surface area contributed by atoms with Crippen LogP contribution in [-0.4, -0.2) is 30.4 Å². The van der Waals surface area contributed by atoms with Gasteiger partial charge in [0.15, 0.2) is 17.5 Å². The third-order valence-electron chi connectivity index (χ3n) is 8.18. The van der Waals surface area contributed by atoms with Crippen molar-refractivity contribution in [3.8, 4) is 5.75 Å². The largest absolute Gasteiger partial charge is 0.459 e. The Kier molecular flexibility index (Phi) is 10.6. The van der Waals surface area contributed by atoms with E-state index in [0.717, 1.165) is 18.4 Å². The number of ether oxygens (including phenoxy) is 3. The van der Waals surface area contributed by atoms with E-state index in [1.807, 2.05) is 6.92 Å². The van der Waals surface area contributed by atoms with Crippen molar-refractivity contribution in [1.29, 1.82) is 0 Å². The molecule has 238 valence electrons. The van der Waals surface area contributed by atoms with Crippen molar-refractivity contribution < 1.29 is 54.1 Å². The molecule has 0 unspecified atom stereocenters. The first kappa shape index (κ1) is 33.0. The molecule has 0 bridgehead atoms. The first-order valence-electron chi connectivity index (χ1n) is 14.6. The first-order valence-corrected chi connectivity index (χ1v) is 14.6. The summed E-state index contributed by atoms with van der Waals surface area (Å²) in [5.41, 5.74) is 0.562. The van der Waals surface area contributed by atoms with Gasteiger partial charge in [0, 0.05) is 12.1 Å². The van der Waals surface area contributed by atoms with Gasteiger partial charge in [-0.25, -0.2) is 22.4 Å². The number of unbranched alkanes of at least 4 members (excludes halogenated alkanes) is 1. The van der Waals surface area contributed by atoms with Gasteiger partial charge in [0.2, 0.25) is 0 Å². The summed E-state index contributed by atoms with van der Waals surface area (Å²) in [5, 5.41) is 0. The second-order valence-electron chi connectivity index (χ2n) is 11.3. The second-order valence-corrected chi connectivity index (χ2v) is 11.3. The Hall–Kier alpha value is -2.89. The van der Waals surface area contributed by atoms with E-state index in [4.69, 9.17) is 9.47 Å². The molecule has 4 rings (SSSR count). The zero-order valence-corrected chi connectivity index (χ0v) is 23.6. The van der Waals surface area contributed by atoms with Gasteiger partial charge in [0.05, 0.1) is 23.5 Å². The molecule has 2 saturated carbocycles. The van der Waals surface area contributed by atoms with Crippen molar-refractivity contribution in [2.24, 2.45) is 11.8 Å². The molecule has 2 fully saturated rings. The van der Waals surface area contributed by atoms with Crippen molar-refractivity contribution in [3.05, 3.63) is 64.7 Å². The lowest BCUT2D eigenvalue weighted by Crippen LogP contribution is -2.42. The average Bonchev–Trinajstić information content (AvgIpc) is 2.95. The van der Waals surface area contributed by atoms with Crippen LogP contribution in [0.2, 0.25) is 0 Å². The number of esters is 1. The zero-order chi connectivity index (χ0) is 31.4. The van der Waals surface area contributed by atoms with Crippen LogP contribution in [0.15, 0.2) is 30.3 Å². The highest BCUT2D eigenvalue weighted by Gasteiger charge is 2.48. The monoisotopic (exact) mass is 622 g/mol. The van der Waals surface area contributed by atoms with Crippen LogP contribution < -0.4 is 4.74 Å². The summed E-state index contributed by atoms with van der Waals surface area (Å²) in [6.07, 6.45) is -7.08. The quantitative estimate of drug-likeness (QED) is 0.142. The molecule has 0 aromatic heterocycles. The summed E-state index contributed by atoms with van der Waals surface area (Å²) in [5.74, 6) is -10.2. The Balaban J connectivity index is 1.23. The van der Waals surface area contributed by atoms with E-state index >= 15 is 8.78 Å². The van der Waals surface area contributed by atoms with E-state index in [1.165, 1.54) is 12.1 Å². The molecule has 0 spiro atoms. The minimum absolute atomic E-state index is 0.0184. The molecule has 0 amide bonds. The maximum Gasteiger partial charge on any atom is 0.400 e. The number of benzene rings is 2. The third kappa shape index (κ3) is 8.39. The summed E-state index contributed by atoms with van der Waals surface area (Å²) in [4.78, 5) is 12.5. The Morgan fingerprint density at radius 3 is 1.88 bits per heavy atom. The van der Waals surface area contributed by atoms with Crippen LogP contribution in [0.5, 0.6) is 5.75 Å². The van der Waals surface area contributed by atoms with Gasteiger partial charge < -0.3 is 14.2 Å². The Bertz CT molecular complexity index is 1230. The van der Waals surface area contributed by atoms with Crippen LogP contribution in [-0.2, 0) is 15.9 Å².